The highest BCUT2D eigenvalue weighted by Gasteiger charge is 2.13. The van der Waals surface area contributed by atoms with Crippen molar-refractivity contribution in [2.45, 2.75) is 25.8 Å². The van der Waals surface area contributed by atoms with E-state index in [1.165, 1.54) is 24.3 Å². The van der Waals surface area contributed by atoms with E-state index in [2.05, 4.69) is 11.4 Å². The van der Waals surface area contributed by atoms with Crippen molar-refractivity contribution in [1.29, 1.82) is 5.26 Å². The average molecular weight is 184 g/mol. The van der Waals surface area contributed by atoms with Crippen LogP contribution >= 0.6 is 11.8 Å². The predicted molar refractivity (Wildman–Crippen MR) is 53.1 cm³/mol. The second kappa shape index (κ2) is 5.45. The van der Waals surface area contributed by atoms with Crippen molar-refractivity contribution < 1.29 is 0 Å². The smallest absolute Gasteiger partial charge is 0.0666 e. The first-order chi connectivity index (χ1) is 5.83. The summed E-state index contributed by atoms with van der Waals surface area (Å²) < 4.78 is 0. The minimum atomic E-state index is 0.150. The molecule has 0 bridgehead atoms. The maximum absolute atomic E-state index is 8.57. The Labute approximate surface area is 78.7 Å². The Hall–Kier alpha value is -0.200. The quantitative estimate of drug-likeness (QED) is 0.724. The van der Waals surface area contributed by atoms with Crippen LogP contribution in [0, 0.1) is 17.2 Å². The zero-order valence-electron chi connectivity index (χ0n) is 7.55. The van der Waals surface area contributed by atoms with Crippen LogP contribution in [0.5, 0.6) is 0 Å². The summed E-state index contributed by atoms with van der Waals surface area (Å²) >= 11 is 2.02. The van der Waals surface area contributed by atoms with Crippen LogP contribution in [-0.2, 0) is 0 Å². The molecule has 0 aromatic heterocycles. The van der Waals surface area contributed by atoms with E-state index in [1.54, 1.807) is 0 Å². The number of nitriles is 1. The summed E-state index contributed by atoms with van der Waals surface area (Å²) in [5.41, 5.74) is 0. The maximum atomic E-state index is 8.57. The van der Waals surface area contributed by atoms with Gasteiger partial charge < -0.3 is 5.32 Å². The Bertz CT molecular complexity index is 158. The summed E-state index contributed by atoms with van der Waals surface area (Å²) in [6, 6.07) is 2.89. The zero-order valence-corrected chi connectivity index (χ0v) is 8.36. The van der Waals surface area contributed by atoms with Gasteiger partial charge in [-0.2, -0.15) is 17.0 Å². The van der Waals surface area contributed by atoms with Crippen molar-refractivity contribution in [1.82, 2.24) is 5.32 Å². The van der Waals surface area contributed by atoms with E-state index in [4.69, 9.17) is 5.26 Å². The van der Waals surface area contributed by atoms with Gasteiger partial charge >= 0.3 is 0 Å². The van der Waals surface area contributed by atoms with Gasteiger partial charge in [-0.05, 0) is 25.5 Å². The van der Waals surface area contributed by atoms with Gasteiger partial charge in [0.2, 0.25) is 0 Å². The van der Waals surface area contributed by atoms with Crippen molar-refractivity contribution in [3.8, 4) is 6.07 Å². The molecule has 68 valence electrons. The van der Waals surface area contributed by atoms with E-state index >= 15 is 0 Å². The van der Waals surface area contributed by atoms with E-state index in [-0.39, 0.29) is 5.92 Å². The number of hydrogen-bond acceptors (Lipinski definition) is 3. The Morgan fingerprint density at radius 1 is 1.75 bits per heavy atom. The third kappa shape index (κ3) is 3.46. The van der Waals surface area contributed by atoms with Gasteiger partial charge in [0.15, 0.2) is 0 Å². The lowest BCUT2D eigenvalue weighted by atomic mass is 10.1. The SMILES string of the molecule is CC(C#N)CNC1CCCSC1. The first kappa shape index (κ1) is 9.88. The highest BCUT2D eigenvalue weighted by Crippen LogP contribution is 2.16. The average Bonchev–Trinajstić information content (AvgIpc) is 2.16. The minimum absolute atomic E-state index is 0.150. The van der Waals surface area contributed by atoms with Crippen LogP contribution in [-0.4, -0.2) is 24.1 Å². The van der Waals surface area contributed by atoms with E-state index in [0.717, 1.165) is 6.54 Å². The van der Waals surface area contributed by atoms with Crippen LogP contribution in [0.1, 0.15) is 19.8 Å². The Kier molecular flexibility index (Phi) is 4.49. The molecule has 1 heterocycles. The van der Waals surface area contributed by atoms with Gasteiger partial charge in [0.25, 0.3) is 0 Å². The second-order valence-electron chi connectivity index (χ2n) is 3.35. The summed E-state index contributed by atoms with van der Waals surface area (Å²) in [7, 11) is 0. The molecule has 1 saturated heterocycles. The predicted octanol–water partition coefficient (Wildman–Crippen LogP) is 1.63. The lowest BCUT2D eigenvalue weighted by Crippen LogP contribution is -2.36. The lowest BCUT2D eigenvalue weighted by molar-refractivity contribution is 0.481. The number of nitrogens with zero attached hydrogens (tertiary/aromatic N) is 1. The highest BCUT2D eigenvalue weighted by molar-refractivity contribution is 7.99. The summed E-state index contributed by atoms with van der Waals surface area (Å²) in [5.74, 6) is 2.68. The highest BCUT2D eigenvalue weighted by atomic mass is 32.2. The van der Waals surface area contributed by atoms with Gasteiger partial charge in [-0.3, -0.25) is 0 Å². The number of rotatable bonds is 3. The summed E-state index contributed by atoms with van der Waals surface area (Å²) in [6.07, 6.45) is 2.61. The monoisotopic (exact) mass is 184 g/mol. The number of thioether (sulfide) groups is 1. The molecular formula is C9H16N2S. The van der Waals surface area contributed by atoms with Gasteiger partial charge in [0.05, 0.1) is 12.0 Å². The fourth-order valence-electron chi connectivity index (χ4n) is 1.29. The zero-order chi connectivity index (χ0) is 8.81. The molecule has 0 radical (unpaired) electrons. The summed E-state index contributed by atoms with van der Waals surface area (Å²) in [5, 5.41) is 12.0. The number of nitrogens with one attached hydrogen (secondary N) is 1. The Morgan fingerprint density at radius 3 is 3.17 bits per heavy atom. The second-order valence-corrected chi connectivity index (χ2v) is 4.50. The Morgan fingerprint density at radius 2 is 2.58 bits per heavy atom. The van der Waals surface area contributed by atoms with Crippen molar-refractivity contribution in [3.05, 3.63) is 0 Å². The maximum Gasteiger partial charge on any atom is 0.0666 e. The minimum Gasteiger partial charge on any atom is -0.312 e. The van der Waals surface area contributed by atoms with Crippen LogP contribution < -0.4 is 5.32 Å². The van der Waals surface area contributed by atoms with Crippen LogP contribution in [0.15, 0.2) is 0 Å². The molecule has 12 heavy (non-hydrogen) atoms. The molecule has 1 rings (SSSR count). The molecule has 2 unspecified atom stereocenters. The molecule has 3 heteroatoms. The van der Waals surface area contributed by atoms with Gasteiger partial charge in [-0.1, -0.05) is 0 Å². The van der Waals surface area contributed by atoms with Crippen molar-refractivity contribution in [2.24, 2.45) is 5.92 Å². The molecular weight excluding hydrogens is 168 g/mol. The van der Waals surface area contributed by atoms with Gasteiger partial charge in [0, 0.05) is 18.3 Å². The standard InChI is InChI=1S/C9H16N2S/c1-8(5-10)6-11-9-3-2-4-12-7-9/h8-9,11H,2-4,6-7H2,1H3. The van der Waals surface area contributed by atoms with Crippen LogP contribution in [0.2, 0.25) is 0 Å². The van der Waals surface area contributed by atoms with Gasteiger partial charge in [-0.15, -0.1) is 0 Å². The van der Waals surface area contributed by atoms with Crippen LogP contribution in [0.3, 0.4) is 0 Å². The molecule has 2 atom stereocenters. The fraction of sp³-hybridized carbons (Fsp3) is 0.889. The molecule has 0 aromatic carbocycles. The van der Waals surface area contributed by atoms with Gasteiger partial charge in [-0.25, -0.2) is 0 Å². The van der Waals surface area contributed by atoms with E-state index < -0.39 is 0 Å². The number of hydrogen-bond donors (Lipinski definition) is 1. The summed E-state index contributed by atoms with van der Waals surface area (Å²) in [6.45, 7) is 2.81. The molecule has 1 aliphatic rings. The topological polar surface area (TPSA) is 35.8 Å². The third-order valence-electron chi connectivity index (χ3n) is 2.09. The molecule has 1 N–H and O–H groups in total. The lowest BCUT2D eigenvalue weighted by Gasteiger charge is -2.22. The van der Waals surface area contributed by atoms with Crippen molar-refractivity contribution in [2.75, 3.05) is 18.1 Å². The fourth-order valence-corrected chi connectivity index (χ4v) is 2.40. The molecule has 0 aliphatic carbocycles. The first-order valence-electron chi connectivity index (χ1n) is 4.53. The van der Waals surface area contributed by atoms with Crippen molar-refractivity contribution >= 4 is 11.8 Å². The van der Waals surface area contributed by atoms with E-state index in [1.807, 2.05) is 18.7 Å². The molecule has 0 aromatic rings. The van der Waals surface area contributed by atoms with Crippen LogP contribution in [0.25, 0.3) is 0 Å². The largest absolute Gasteiger partial charge is 0.312 e. The molecule has 0 saturated carbocycles. The van der Waals surface area contributed by atoms with Crippen molar-refractivity contribution in [3.63, 3.8) is 0 Å². The molecule has 2 nitrogen and oxygen atoms in total. The molecule has 1 fully saturated rings. The third-order valence-corrected chi connectivity index (χ3v) is 3.31. The Balaban J connectivity index is 2.10. The normalized spacial score (nSPS) is 26.2. The van der Waals surface area contributed by atoms with Gasteiger partial charge in [0.1, 0.15) is 0 Å². The first-order valence-corrected chi connectivity index (χ1v) is 5.69. The molecule has 0 spiro atoms. The van der Waals surface area contributed by atoms with E-state index in [0.29, 0.717) is 6.04 Å². The van der Waals surface area contributed by atoms with Crippen LogP contribution in [0.4, 0.5) is 0 Å². The molecule has 1 aliphatic heterocycles. The molecule has 0 amide bonds. The van der Waals surface area contributed by atoms with E-state index in [9.17, 15) is 0 Å². The summed E-state index contributed by atoms with van der Waals surface area (Å²) in [4.78, 5) is 0.